The Hall–Kier alpha value is -2.11. The molecule has 27 heavy (non-hydrogen) atoms. The van der Waals surface area contributed by atoms with E-state index in [0.29, 0.717) is 6.54 Å². The summed E-state index contributed by atoms with van der Waals surface area (Å²) < 4.78 is 11.4. The molecule has 1 N–H and O–H groups in total. The van der Waals surface area contributed by atoms with E-state index in [0.717, 1.165) is 57.1 Å². The van der Waals surface area contributed by atoms with Gasteiger partial charge in [0.05, 0.1) is 25.2 Å². The van der Waals surface area contributed by atoms with Crippen molar-refractivity contribution in [1.29, 1.82) is 0 Å². The molecule has 5 nitrogen and oxygen atoms in total. The van der Waals surface area contributed by atoms with Gasteiger partial charge in [0.25, 0.3) is 0 Å². The molecular weight excluding hydrogens is 340 g/mol. The van der Waals surface area contributed by atoms with Gasteiger partial charge in [0.15, 0.2) is 0 Å². The van der Waals surface area contributed by atoms with E-state index in [4.69, 9.17) is 9.15 Å². The van der Waals surface area contributed by atoms with Crippen molar-refractivity contribution in [3.63, 3.8) is 0 Å². The molecule has 0 saturated carbocycles. The summed E-state index contributed by atoms with van der Waals surface area (Å²) in [4.78, 5) is 15.3. The lowest BCUT2D eigenvalue weighted by atomic mass is 9.82. The lowest BCUT2D eigenvalue weighted by molar-refractivity contribution is -0.123. The standard InChI is InChI=1S/C22H28N2O3/c1-16-9-10-21(27-16)20(24-11-13-26-14-12-24)15-23-22(25)19-8-4-6-17-5-2-3-7-18(17)19/h2-3,5,7,9-10,19-20H,4,6,8,11-15H2,1H3,(H,23,25). The number of morpholine rings is 1. The topological polar surface area (TPSA) is 54.7 Å². The van der Waals surface area contributed by atoms with Crippen molar-refractivity contribution in [3.8, 4) is 0 Å². The average Bonchev–Trinajstić information content (AvgIpc) is 3.14. The van der Waals surface area contributed by atoms with Gasteiger partial charge in [-0.3, -0.25) is 9.69 Å². The van der Waals surface area contributed by atoms with Gasteiger partial charge in [-0.2, -0.15) is 0 Å². The summed E-state index contributed by atoms with van der Waals surface area (Å²) in [6.07, 6.45) is 3.06. The first-order chi connectivity index (χ1) is 13.2. The summed E-state index contributed by atoms with van der Waals surface area (Å²) in [5.74, 6) is 1.90. The van der Waals surface area contributed by atoms with Crippen LogP contribution in [0.4, 0.5) is 0 Å². The predicted octanol–water partition coefficient (Wildman–Crippen LogP) is 3.20. The van der Waals surface area contributed by atoms with Gasteiger partial charge in [0.1, 0.15) is 11.5 Å². The smallest absolute Gasteiger partial charge is 0.227 e. The van der Waals surface area contributed by atoms with E-state index in [1.54, 1.807) is 0 Å². The van der Waals surface area contributed by atoms with Crippen molar-refractivity contribution >= 4 is 5.91 Å². The molecule has 2 aliphatic rings. The zero-order chi connectivity index (χ0) is 18.6. The first-order valence-electron chi connectivity index (χ1n) is 9.96. The lowest BCUT2D eigenvalue weighted by Gasteiger charge is -2.34. The number of ether oxygens (including phenoxy) is 1. The summed E-state index contributed by atoms with van der Waals surface area (Å²) >= 11 is 0. The van der Waals surface area contributed by atoms with Gasteiger partial charge in [-0.25, -0.2) is 0 Å². The van der Waals surface area contributed by atoms with E-state index in [2.05, 4.69) is 28.4 Å². The monoisotopic (exact) mass is 368 g/mol. The van der Waals surface area contributed by atoms with Crippen LogP contribution in [0.2, 0.25) is 0 Å². The number of nitrogens with zero attached hydrogens (tertiary/aromatic N) is 1. The molecule has 0 bridgehead atoms. The number of benzene rings is 1. The van der Waals surface area contributed by atoms with E-state index >= 15 is 0 Å². The first-order valence-corrected chi connectivity index (χ1v) is 9.96. The molecule has 1 saturated heterocycles. The van der Waals surface area contributed by atoms with Crippen LogP contribution >= 0.6 is 0 Å². The van der Waals surface area contributed by atoms with Crippen molar-refractivity contribution in [2.45, 2.75) is 38.1 Å². The Kier molecular flexibility index (Phi) is 5.60. The van der Waals surface area contributed by atoms with Gasteiger partial charge in [-0.05, 0) is 49.4 Å². The van der Waals surface area contributed by atoms with Crippen LogP contribution in [-0.4, -0.2) is 43.7 Å². The van der Waals surface area contributed by atoms with Crippen LogP contribution in [0.25, 0.3) is 0 Å². The third-order valence-electron chi connectivity index (χ3n) is 5.73. The molecule has 0 radical (unpaired) electrons. The number of carbonyl (C=O) groups excluding carboxylic acids is 1. The minimum Gasteiger partial charge on any atom is -0.465 e. The van der Waals surface area contributed by atoms with Gasteiger partial charge in [0, 0.05) is 19.6 Å². The molecule has 1 aliphatic heterocycles. The number of carbonyl (C=O) groups is 1. The molecule has 1 aliphatic carbocycles. The van der Waals surface area contributed by atoms with Gasteiger partial charge >= 0.3 is 0 Å². The van der Waals surface area contributed by atoms with Crippen LogP contribution in [0.15, 0.2) is 40.8 Å². The van der Waals surface area contributed by atoms with Crippen LogP contribution in [0.3, 0.4) is 0 Å². The number of amides is 1. The van der Waals surface area contributed by atoms with E-state index in [9.17, 15) is 4.79 Å². The Balaban J connectivity index is 1.47. The normalized spacial score (nSPS) is 21.4. The molecule has 2 atom stereocenters. The van der Waals surface area contributed by atoms with Crippen LogP contribution in [0.5, 0.6) is 0 Å². The first kappa shape index (κ1) is 18.3. The van der Waals surface area contributed by atoms with E-state index in [1.165, 1.54) is 11.1 Å². The molecule has 5 heteroatoms. The number of aryl methyl sites for hydroxylation is 2. The number of rotatable bonds is 5. The highest BCUT2D eigenvalue weighted by atomic mass is 16.5. The van der Waals surface area contributed by atoms with Crippen molar-refractivity contribution in [1.82, 2.24) is 10.2 Å². The Labute approximate surface area is 160 Å². The quantitative estimate of drug-likeness (QED) is 0.881. The SMILES string of the molecule is Cc1ccc(C(CNC(=O)C2CCCc3ccccc32)N2CCOCC2)o1. The maximum absolute atomic E-state index is 13.0. The second-order valence-electron chi connectivity index (χ2n) is 7.50. The fraction of sp³-hybridized carbons (Fsp3) is 0.500. The highest BCUT2D eigenvalue weighted by Crippen LogP contribution is 2.32. The van der Waals surface area contributed by atoms with Gasteiger partial charge < -0.3 is 14.5 Å². The van der Waals surface area contributed by atoms with E-state index in [-0.39, 0.29) is 17.9 Å². The van der Waals surface area contributed by atoms with E-state index < -0.39 is 0 Å². The predicted molar refractivity (Wildman–Crippen MR) is 104 cm³/mol. The van der Waals surface area contributed by atoms with Crippen molar-refractivity contribution in [3.05, 3.63) is 59.0 Å². The summed E-state index contributed by atoms with van der Waals surface area (Å²) in [5, 5.41) is 3.22. The third kappa shape index (κ3) is 4.09. The molecule has 2 aromatic rings. The summed E-state index contributed by atoms with van der Waals surface area (Å²) in [5.41, 5.74) is 2.51. The fourth-order valence-corrected chi connectivity index (χ4v) is 4.28. The summed E-state index contributed by atoms with van der Waals surface area (Å²) in [6, 6.07) is 12.4. The molecule has 0 spiro atoms. The summed E-state index contributed by atoms with van der Waals surface area (Å²) in [7, 11) is 0. The minimum absolute atomic E-state index is 0.0429. The number of furan rings is 1. The second-order valence-corrected chi connectivity index (χ2v) is 7.50. The number of nitrogens with one attached hydrogen (secondary N) is 1. The molecule has 1 amide bonds. The Morgan fingerprint density at radius 1 is 1.22 bits per heavy atom. The molecule has 1 aromatic carbocycles. The molecule has 1 aromatic heterocycles. The summed E-state index contributed by atoms with van der Waals surface area (Å²) in [6.45, 7) is 5.67. The van der Waals surface area contributed by atoms with Gasteiger partial charge in [0.2, 0.25) is 5.91 Å². The second kappa shape index (κ2) is 8.28. The van der Waals surface area contributed by atoms with Gasteiger partial charge in [-0.1, -0.05) is 24.3 Å². The van der Waals surface area contributed by atoms with Crippen LogP contribution in [0, 0.1) is 6.92 Å². The van der Waals surface area contributed by atoms with E-state index in [1.807, 2.05) is 25.1 Å². The third-order valence-corrected chi connectivity index (χ3v) is 5.73. The molecule has 2 unspecified atom stereocenters. The lowest BCUT2D eigenvalue weighted by Crippen LogP contribution is -2.44. The van der Waals surface area contributed by atoms with Gasteiger partial charge in [-0.15, -0.1) is 0 Å². The number of hydrogen-bond acceptors (Lipinski definition) is 4. The Morgan fingerprint density at radius 2 is 2.04 bits per heavy atom. The maximum atomic E-state index is 13.0. The average molecular weight is 368 g/mol. The zero-order valence-corrected chi connectivity index (χ0v) is 15.9. The highest BCUT2D eigenvalue weighted by Gasteiger charge is 2.29. The van der Waals surface area contributed by atoms with Crippen molar-refractivity contribution < 1.29 is 13.9 Å². The van der Waals surface area contributed by atoms with Crippen molar-refractivity contribution in [2.75, 3.05) is 32.8 Å². The maximum Gasteiger partial charge on any atom is 0.227 e. The highest BCUT2D eigenvalue weighted by molar-refractivity contribution is 5.84. The number of fused-ring (bicyclic) bond motifs is 1. The van der Waals surface area contributed by atoms with Crippen LogP contribution in [0.1, 0.15) is 47.4 Å². The zero-order valence-electron chi connectivity index (χ0n) is 15.9. The molecular formula is C22H28N2O3. The molecule has 2 heterocycles. The largest absolute Gasteiger partial charge is 0.465 e. The Bertz CT molecular complexity index is 779. The van der Waals surface area contributed by atoms with Crippen molar-refractivity contribution in [2.24, 2.45) is 0 Å². The van der Waals surface area contributed by atoms with Crippen LogP contribution in [-0.2, 0) is 16.0 Å². The Morgan fingerprint density at radius 3 is 2.81 bits per heavy atom. The molecule has 4 rings (SSSR count). The number of hydrogen-bond donors (Lipinski definition) is 1. The molecule has 1 fully saturated rings. The van der Waals surface area contributed by atoms with Crippen LogP contribution < -0.4 is 5.32 Å². The molecule has 144 valence electrons. The minimum atomic E-state index is -0.0429. The fourth-order valence-electron chi connectivity index (χ4n) is 4.28.